The first-order valence-corrected chi connectivity index (χ1v) is 10.1. The van der Waals surface area contributed by atoms with Crippen molar-refractivity contribution in [1.29, 1.82) is 0 Å². The number of nitrogens with zero attached hydrogens (tertiary/aromatic N) is 2. The van der Waals surface area contributed by atoms with Gasteiger partial charge in [-0.3, -0.25) is 4.79 Å². The number of carbonyl (C=O) groups is 2. The lowest BCUT2D eigenvalue weighted by molar-refractivity contribution is -0.121. The van der Waals surface area contributed by atoms with Crippen LogP contribution in [0.15, 0.2) is 42.5 Å². The predicted octanol–water partition coefficient (Wildman–Crippen LogP) is 2.61. The molecule has 2 aromatic rings. The van der Waals surface area contributed by atoms with E-state index in [9.17, 15) is 9.59 Å². The number of amides is 3. The molecule has 0 spiro atoms. The third-order valence-corrected chi connectivity index (χ3v) is 5.16. The molecular formula is C23H29N3O4. The third kappa shape index (κ3) is 5.43. The Morgan fingerprint density at radius 2 is 1.77 bits per heavy atom. The summed E-state index contributed by atoms with van der Waals surface area (Å²) in [4.78, 5) is 28.3. The van der Waals surface area contributed by atoms with Crippen LogP contribution in [0.25, 0.3) is 0 Å². The normalized spacial score (nSPS) is 13.5. The smallest absolute Gasteiger partial charge is 0.320 e. The molecule has 3 rings (SSSR count). The summed E-state index contributed by atoms with van der Waals surface area (Å²) < 4.78 is 10.5. The number of benzene rings is 2. The van der Waals surface area contributed by atoms with E-state index in [2.05, 4.69) is 11.4 Å². The Balaban J connectivity index is 1.44. The van der Waals surface area contributed by atoms with E-state index >= 15 is 0 Å². The van der Waals surface area contributed by atoms with Gasteiger partial charge in [0.2, 0.25) is 5.91 Å². The Bertz CT molecular complexity index is 900. The van der Waals surface area contributed by atoms with Crippen molar-refractivity contribution in [1.82, 2.24) is 15.1 Å². The summed E-state index contributed by atoms with van der Waals surface area (Å²) in [6.45, 7) is 4.36. The highest BCUT2D eigenvalue weighted by atomic mass is 16.5. The van der Waals surface area contributed by atoms with Gasteiger partial charge in [0.25, 0.3) is 0 Å². The fourth-order valence-electron chi connectivity index (χ4n) is 3.57. The van der Waals surface area contributed by atoms with Gasteiger partial charge in [0.15, 0.2) is 11.5 Å². The number of nitrogens with one attached hydrogen (secondary N) is 1. The lowest BCUT2D eigenvalue weighted by Crippen LogP contribution is -2.40. The van der Waals surface area contributed by atoms with Crippen LogP contribution in [0, 0.1) is 6.92 Å². The van der Waals surface area contributed by atoms with Crippen molar-refractivity contribution in [2.75, 3.05) is 40.4 Å². The molecule has 160 valence electrons. The monoisotopic (exact) mass is 411 g/mol. The molecule has 3 amide bonds. The molecule has 0 bridgehead atoms. The Kier molecular flexibility index (Phi) is 7.17. The van der Waals surface area contributed by atoms with Crippen LogP contribution >= 0.6 is 0 Å². The fraction of sp³-hybridized carbons (Fsp3) is 0.391. The van der Waals surface area contributed by atoms with Crippen molar-refractivity contribution in [2.45, 2.75) is 19.9 Å². The average molecular weight is 412 g/mol. The van der Waals surface area contributed by atoms with Crippen LogP contribution in [0.4, 0.5) is 4.79 Å². The molecule has 0 saturated carbocycles. The van der Waals surface area contributed by atoms with Gasteiger partial charge in [-0.05, 0) is 36.6 Å². The van der Waals surface area contributed by atoms with Gasteiger partial charge in [0.05, 0.1) is 14.2 Å². The molecular weight excluding hydrogens is 382 g/mol. The van der Waals surface area contributed by atoms with E-state index in [1.807, 2.05) is 43.3 Å². The van der Waals surface area contributed by atoms with E-state index in [4.69, 9.17) is 9.47 Å². The van der Waals surface area contributed by atoms with Crippen molar-refractivity contribution < 1.29 is 19.1 Å². The summed E-state index contributed by atoms with van der Waals surface area (Å²) in [6.07, 6.45) is 0.666. The second kappa shape index (κ2) is 10.0. The zero-order chi connectivity index (χ0) is 21.5. The summed E-state index contributed by atoms with van der Waals surface area (Å²) >= 11 is 0. The molecule has 0 aromatic heterocycles. The average Bonchev–Trinajstić information content (AvgIpc) is 3.07. The Hall–Kier alpha value is -3.22. The second-order valence-corrected chi connectivity index (χ2v) is 7.40. The van der Waals surface area contributed by atoms with E-state index in [1.54, 1.807) is 24.0 Å². The van der Waals surface area contributed by atoms with Crippen LogP contribution in [0.1, 0.15) is 16.7 Å². The standard InChI is InChI=1S/C23H29N3O4/c1-17-5-4-6-19(13-17)15-25-11-12-26(23(25)28)16-22(27)24-10-9-18-7-8-20(29-2)21(14-18)30-3/h4-8,13-14H,9-12,15-16H2,1-3H3,(H,24,27). The Labute approximate surface area is 177 Å². The highest BCUT2D eigenvalue weighted by molar-refractivity contribution is 5.85. The van der Waals surface area contributed by atoms with Gasteiger partial charge in [-0.25, -0.2) is 4.79 Å². The molecule has 1 aliphatic rings. The minimum Gasteiger partial charge on any atom is -0.493 e. The zero-order valence-electron chi connectivity index (χ0n) is 17.8. The SMILES string of the molecule is COc1ccc(CCNC(=O)CN2CCN(Cc3cccc(C)c3)C2=O)cc1OC. The van der Waals surface area contributed by atoms with Crippen molar-refractivity contribution >= 4 is 11.9 Å². The van der Waals surface area contributed by atoms with Crippen LogP contribution in [-0.4, -0.2) is 62.1 Å². The molecule has 7 heteroatoms. The minimum absolute atomic E-state index is 0.0785. The van der Waals surface area contributed by atoms with Crippen molar-refractivity contribution in [3.05, 3.63) is 59.2 Å². The number of ether oxygens (including phenoxy) is 2. The quantitative estimate of drug-likeness (QED) is 0.689. The Morgan fingerprint density at radius 3 is 2.50 bits per heavy atom. The van der Waals surface area contributed by atoms with E-state index < -0.39 is 0 Å². The van der Waals surface area contributed by atoms with E-state index in [0.717, 1.165) is 11.1 Å². The van der Waals surface area contributed by atoms with Crippen LogP contribution < -0.4 is 14.8 Å². The molecule has 0 unspecified atom stereocenters. The summed E-state index contributed by atoms with van der Waals surface area (Å²) in [6, 6.07) is 13.7. The minimum atomic E-state index is -0.152. The topological polar surface area (TPSA) is 71.1 Å². The second-order valence-electron chi connectivity index (χ2n) is 7.40. The maximum Gasteiger partial charge on any atom is 0.320 e. The number of urea groups is 1. The molecule has 0 atom stereocenters. The number of carbonyl (C=O) groups excluding carboxylic acids is 2. The molecule has 2 aromatic carbocycles. The zero-order valence-corrected chi connectivity index (χ0v) is 17.8. The van der Waals surface area contributed by atoms with Crippen LogP contribution in [0.3, 0.4) is 0 Å². The maximum absolute atomic E-state index is 12.6. The highest BCUT2D eigenvalue weighted by Gasteiger charge is 2.29. The first-order chi connectivity index (χ1) is 14.5. The Morgan fingerprint density at radius 1 is 1.00 bits per heavy atom. The van der Waals surface area contributed by atoms with Gasteiger partial charge in [-0.1, -0.05) is 35.9 Å². The van der Waals surface area contributed by atoms with Crippen molar-refractivity contribution in [3.63, 3.8) is 0 Å². The van der Waals surface area contributed by atoms with Crippen LogP contribution in [0.5, 0.6) is 11.5 Å². The lowest BCUT2D eigenvalue weighted by Gasteiger charge is -2.18. The summed E-state index contributed by atoms with van der Waals surface area (Å²) in [5, 5.41) is 2.89. The molecule has 1 fully saturated rings. The first-order valence-electron chi connectivity index (χ1n) is 10.1. The van der Waals surface area contributed by atoms with Gasteiger partial charge in [0, 0.05) is 26.2 Å². The fourth-order valence-corrected chi connectivity index (χ4v) is 3.57. The molecule has 7 nitrogen and oxygen atoms in total. The number of hydrogen-bond acceptors (Lipinski definition) is 4. The van der Waals surface area contributed by atoms with Gasteiger partial charge < -0.3 is 24.6 Å². The predicted molar refractivity (Wildman–Crippen MR) is 115 cm³/mol. The number of aryl methyl sites for hydroxylation is 1. The van der Waals surface area contributed by atoms with Gasteiger partial charge in [0.1, 0.15) is 6.54 Å². The molecule has 1 heterocycles. The van der Waals surface area contributed by atoms with Crippen molar-refractivity contribution in [3.8, 4) is 11.5 Å². The molecule has 1 aliphatic heterocycles. The summed E-state index contributed by atoms with van der Waals surface area (Å²) in [5.41, 5.74) is 3.31. The highest BCUT2D eigenvalue weighted by Crippen LogP contribution is 2.27. The lowest BCUT2D eigenvalue weighted by atomic mass is 10.1. The van der Waals surface area contributed by atoms with Gasteiger partial charge in [-0.15, -0.1) is 0 Å². The molecule has 30 heavy (non-hydrogen) atoms. The van der Waals surface area contributed by atoms with Crippen LogP contribution in [0.2, 0.25) is 0 Å². The molecule has 0 aliphatic carbocycles. The summed E-state index contributed by atoms with van der Waals surface area (Å²) in [7, 11) is 3.19. The first kappa shape index (κ1) is 21.5. The van der Waals surface area contributed by atoms with E-state index in [-0.39, 0.29) is 18.5 Å². The molecule has 0 radical (unpaired) electrons. The van der Waals surface area contributed by atoms with Gasteiger partial charge in [-0.2, -0.15) is 0 Å². The molecule has 1 N–H and O–H groups in total. The van der Waals surface area contributed by atoms with Crippen LogP contribution in [-0.2, 0) is 17.8 Å². The summed E-state index contributed by atoms with van der Waals surface area (Å²) in [5.74, 6) is 1.19. The van der Waals surface area contributed by atoms with Gasteiger partial charge >= 0.3 is 6.03 Å². The maximum atomic E-state index is 12.6. The van der Waals surface area contributed by atoms with E-state index in [1.165, 1.54) is 5.56 Å². The third-order valence-electron chi connectivity index (χ3n) is 5.16. The molecule has 1 saturated heterocycles. The number of methoxy groups -OCH3 is 2. The van der Waals surface area contributed by atoms with Crippen molar-refractivity contribution in [2.24, 2.45) is 0 Å². The van der Waals surface area contributed by atoms with E-state index in [0.29, 0.717) is 44.1 Å². The number of hydrogen-bond donors (Lipinski definition) is 1. The largest absolute Gasteiger partial charge is 0.493 e. The number of rotatable bonds is 9.